The molecule has 6 heteroatoms. The van der Waals surface area contributed by atoms with Gasteiger partial charge in [-0.3, -0.25) is 9.69 Å². The van der Waals surface area contributed by atoms with Crippen LogP contribution in [0.4, 0.5) is 10.8 Å². The lowest BCUT2D eigenvalue weighted by Crippen LogP contribution is -2.27. The van der Waals surface area contributed by atoms with Crippen LogP contribution in [0.15, 0.2) is 23.6 Å². The van der Waals surface area contributed by atoms with Gasteiger partial charge in [-0.2, -0.15) is 0 Å². The van der Waals surface area contributed by atoms with Gasteiger partial charge in [-0.25, -0.2) is 4.98 Å². The Kier molecular flexibility index (Phi) is 5.20. The molecule has 0 aliphatic heterocycles. The van der Waals surface area contributed by atoms with Gasteiger partial charge in [-0.15, -0.1) is 11.3 Å². The summed E-state index contributed by atoms with van der Waals surface area (Å²) in [5.74, 6) is 0.00735. The molecule has 112 valence electrons. The van der Waals surface area contributed by atoms with Gasteiger partial charge in [0.05, 0.1) is 22.9 Å². The van der Waals surface area contributed by atoms with Crippen molar-refractivity contribution >= 4 is 39.7 Å². The van der Waals surface area contributed by atoms with Crippen LogP contribution in [0.2, 0.25) is 5.02 Å². The summed E-state index contributed by atoms with van der Waals surface area (Å²) >= 11 is 7.66. The maximum Gasteiger partial charge on any atom is 0.225 e. The van der Waals surface area contributed by atoms with Crippen LogP contribution in [0.25, 0.3) is 0 Å². The Bertz CT molecular complexity index is 642. The molecule has 0 fully saturated rings. The number of nitrogens with zero attached hydrogens (tertiary/aromatic N) is 2. The number of benzene rings is 1. The minimum atomic E-state index is 0.00735. The Labute approximate surface area is 133 Å². The molecule has 2 rings (SSSR count). The summed E-state index contributed by atoms with van der Waals surface area (Å²) in [4.78, 5) is 17.6. The molecule has 2 aromatic rings. The molecule has 0 bridgehead atoms. The Morgan fingerprint density at radius 2 is 2.24 bits per heavy atom. The summed E-state index contributed by atoms with van der Waals surface area (Å²) in [5.41, 5.74) is 2.91. The average Bonchev–Trinajstić information content (AvgIpc) is 2.87. The molecular formula is C15H18ClN3OS. The predicted molar refractivity (Wildman–Crippen MR) is 89.3 cm³/mol. The number of anilines is 2. The number of hydrogen-bond donors (Lipinski definition) is 1. The first-order valence-electron chi connectivity index (χ1n) is 6.73. The standard InChI is InChI=1S/C15H18ClN3OS/c1-4-19(11(3)20)15-18-12(9-21-15)8-17-14-6-5-10(2)7-13(14)16/h5-7,9,17H,4,8H2,1-3H3. The molecule has 1 aromatic carbocycles. The highest BCUT2D eigenvalue weighted by Crippen LogP contribution is 2.25. The van der Waals surface area contributed by atoms with Crippen molar-refractivity contribution < 1.29 is 4.79 Å². The van der Waals surface area contributed by atoms with Gasteiger partial charge in [0.2, 0.25) is 5.91 Å². The normalized spacial score (nSPS) is 10.5. The molecule has 0 unspecified atom stereocenters. The second-order valence-corrected chi connectivity index (χ2v) is 5.97. The average molecular weight is 324 g/mol. The molecule has 1 N–H and O–H groups in total. The van der Waals surface area contributed by atoms with Gasteiger partial charge < -0.3 is 5.32 Å². The van der Waals surface area contributed by atoms with Crippen molar-refractivity contribution in [3.8, 4) is 0 Å². The van der Waals surface area contributed by atoms with Crippen molar-refractivity contribution in [1.29, 1.82) is 0 Å². The van der Waals surface area contributed by atoms with Gasteiger partial charge in [0, 0.05) is 18.8 Å². The summed E-state index contributed by atoms with van der Waals surface area (Å²) in [6, 6.07) is 5.89. The zero-order valence-corrected chi connectivity index (χ0v) is 13.9. The third-order valence-electron chi connectivity index (χ3n) is 3.05. The Morgan fingerprint density at radius 1 is 1.48 bits per heavy atom. The summed E-state index contributed by atoms with van der Waals surface area (Å²) in [6.45, 7) is 6.69. The number of carbonyl (C=O) groups is 1. The van der Waals surface area contributed by atoms with Gasteiger partial charge >= 0.3 is 0 Å². The largest absolute Gasteiger partial charge is 0.378 e. The number of hydrogen-bond acceptors (Lipinski definition) is 4. The zero-order chi connectivity index (χ0) is 15.4. The number of thiazole rings is 1. The van der Waals surface area contributed by atoms with Crippen molar-refractivity contribution in [2.75, 3.05) is 16.8 Å². The Balaban J connectivity index is 2.04. The number of aromatic nitrogens is 1. The minimum absolute atomic E-state index is 0.00735. The summed E-state index contributed by atoms with van der Waals surface area (Å²) < 4.78 is 0. The monoisotopic (exact) mass is 323 g/mol. The first-order chi connectivity index (χ1) is 10.0. The number of carbonyl (C=O) groups excluding carboxylic acids is 1. The lowest BCUT2D eigenvalue weighted by molar-refractivity contribution is -0.116. The molecule has 0 saturated carbocycles. The van der Waals surface area contributed by atoms with E-state index < -0.39 is 0 Å². The third-order valence-corrected chi connectivity index (χ3v) is 4.28. The fourth-order valence-corrected chi connectivity index (χ4v) is 3.18. The molecule has 1 heterocycles. The predicted octanol–water partition coefficient (Wildman–Crippen LogP) is 4.09. The molecule has 0 radical (unpaired) electrons. The van der Waals surface area contributed by atoms with Gasteiger partial charge in [-0.1, -0.05) is 17.7 Å². The molecule has 0 spiro atoms. The fraction of sp³-hybridized carbons (Fsp3) is 0.333. The molecular weight excluding hydrogens is 306 g/mol. The van der Waals surface area contributed by atoms with Crippen molar-refractivity contribution in [2.45, 2.75) is 27.3 Å². The van der Waals surface area contributed by atoms with Crippen LogP contribution in [-0.2, 0) is 11.3 Å². The van der Waals surface area contributed by atoms with E-state index in [1.54, 1.807) is 11.8 Å². The van der Waals surface area contributed by atoms with E-state index in [9.17, 15) is 4.79 Å². The Hall–Kier alpha value is -1.59. The number of nitrogens with one attached hydrogen (secondary N) is 1. The van der Waals surface area contributed by atoms with E-state index in [0.29, 0.717) is 18.1 Å². The third kappa shape index (κ3) is 3.95. The van der Waals surface area contributed by atoms with Crippen LogP contribution in [0.3, 0.4) is 0 Å². The summed E-state index contributed by atoms with van der Waals surface area (Å²) in [7, 11) is 0. The first kappa shape index (κ1) is 15.8. The number of aryl methyl sites for hydroxylation is 1. The molecule has 1 amide bonds. The fourth-order valence-electron chi connectivity index (χ4n) is 1.94. The van der Waals surface area contributed by atoms with Crippen LogP contribution in [0.1, 0.15) is 25.1 Å². The lowest BCUT2D eigenvalue weighted by Gasteiger charge is -2.14. The smallest absolute Gasteiger partial charge is 0.225 e. The van der Waals surface area contributed by atoms with Crippen LogP contribution in [0, 0.1) is 6.92 Å². The van der Waals surface area contributed by atoms with Crippen molar-refractivity contribution in [3.63, 3.8) is 0 Å². The molecule has 1 aromatic heterocycles. The van der Waals surface area contributed by atoms with Crippen LogP contribution in [0.5, 0.6) is 0 Å². The molecule has 0 aliphatic rings. The van der Waals surface area contributed by atoms with Crippen LogP contribution in [-0.4, -0.2) is 17.4 Å². The van der Waals surface area contributed by atoms with E-state index in [0.717, 1.165) is 22.1 Å². The molecule has 4 nitrogen and oxygen atoms in total. The minimum Gasteiger partial charge on any atom is -0.378 e. The van der Waals surface area contributed by atoms with Crippen LogP contribution < -0.4 is 10.2 Å². The highest BCUT2D eigenvalue weighted by atomic mass is 35.5. The molecule has 0 aliphatic carbocycles. The summed E-state index contributed by atoms with van der Waals surface area (Å²) in [6.07, 6.45) is 0. The van der Waals surface area contributed by atoms with E-state index >= 15 is 0 Å². The molecule has 0 atom stereocenters. The molecule has 0 saturated heterocycles. The van der Waals surface area contributed by atoms with E-state index in [1.807, 2.05) is 37.4 Å². The first-order valence-corrected chi connectivity index (χ1v) is 7.99. The molecule has 21 heavy (non-hydrogen) atoms. The van der Waals surface area contributed by atoms with Crippen molar-refractivity contribution in [3.05, 3.63) is 39.9 Å². The van der Waals surface area contributed by atoms with Gasteiger partial charge in [0.25, 0.3) is 0 Å². The topological polar surface area (TPSA) is 45.2 Å². The SMILES string of the molecule is CCN(C(C)=O)c1nc(CNc2ccc(C)cc2Cl)cs1. The van der Waals surface area contributed by atoms with E-state index in [-0.39, 0.29) is 5.91 Å². The van der Waals surface area contributed by atoms with Crippen molar-refractivity contribution in [1.82, 2.24) is 4.98 Å². The van der Waals surface area contributed by atoms with Gasteiger partial charge in [0.15, 0.2) is 5.13 Å². The van der Waals surface area contributed by atoms with Gasteiger partial charge in [0.1, 0.15) is 0 Å². The van der Waals surface area contributed by atoms with Gasteiger partial charge in [-0.05, 0) is 31.5 Å². The quantitative estimate of drug-likeness (QED) is 0.901. The Morgan fingerprint density at radius 3 is 2.86 bits per heavy atom. The zero-order valence-electron chi connectivity index (χ0n) is 12.3. The highest BCUT2D eigenvalue weighted by Gasteiger charge is 2.13. The highest BCUT2D eigenvalue weighted by molar-refractivity contribution is 7.14. The number of amides is 1. The number of rotatable bonds is 5. The maximum atomic E-state index is 11.5. The van der Waals surface area contributed by atoms with E-state index in [2.05, 4.69) is 10.3 Å². The summed E-state index contributed by atoms with van der Waals surface area (Å²) in [5, 5.41) is 6.65. The maximum absolute atomic E-state index is 11.5. The number of halogens is 1. The second kappa shape index (κ2) is 6.91. The van der Waals surface area contributed by atoms with E-state index in [4.69, 9.17) is 11.6 Å². The van der Waals surface area contributed by atoms with E-state index in [1.165, 1.54) is 11.3 Å². The lowest BCUT2D eigenvalue weighted by atomic mass is 10.2. The van der Waals surface area contributed by atoms with Crippen LogP contribution >= 0.6 is 22.9 Å². The van der Waals surface area contributed by atoms with Crippen molar-refractivity contribution in [2.24, 2.45) is 0 Å². The second-order valence-electron chi connectivity index (χ2n) is 4.72.